The minimum Gasteiger partial charge on any atom is -0.343 e. The molecule has 0 atom stereocenters. The molecule has 2 amide bonds. The molecule has 1 heterocycles. The number of nitrogens with one attached hydrogen (secondary N) is 1. The SMILES string of the molecule is N#CCN1CCN(C(=O)CNC(=O)c2ccc(F)c(F)c2)CC1. The fourth-order valence-corrected chi connectivity index (χ4v) is 2.26. The van der Waals surface area contributed by atoms with E-state index in [1.807, 2.05) is 4.90 Å². The monoisotopic (exact) mass is 322 g/mol. The number of benzene rings is 1. The van der Waals surface area contributed by atoms with Gasteiger partial charge in [-0.2, -0.15) is 5.26 Å². The van der Waals surface area contributed by atoms with Crippen LogP contribution in [0.1, 0.15) is 10.4 Å². The Bertz CT molecular complexity index is 637. The van der Waals surface area contributed by atoms with Crippen LogP contribution in [0, 0.1) is 23.0 Å². The predicted octanol–water partition coefficient (Wildman–Crippen LogP) is 0.362. The summed E-state index contributed by atoms with van der Waals surface area (Å²) in [6, 6.07) is 4.86. The zero-order chi connectivity index (χ0) is 16.8. The number of carbonyl (C=O) groups excluding carboxylic acids is 2. The van der Waals surface area contributed by atoms with Crippen molar-refractivity contribution >= 4 is 11.8 Å². The smallest absolute Gasteiger partial charge is 0.251 e. The number of rotatable bonds is 4. The van der Waals surface area contributed by atoms with E-state index in [-0.39, 0.29) is 18.0 Å². The van der Waals surface area contributed by atoms with Crippen molar-refractivity contribution in [3.05, 3.63) is 35.4 Å². The quantitative estimate of drug-likeness (QED) is 0.812. The fraction of sp³-hybridized carbons (Fsp3) is 0.400. The van der Waals surface area contributed by atoms with Crippen molar-refractivity contribution < 1.29 is 18.4 Å². The largest absolute Gasteiger partial charge is 0.343 e. The van der Waals surface area contributed by atoms with Crippen molar-refractivity contribution in [1.82, 2.24) is 15.1 Å². The Balaban J connectivity index is 1.81. The van der Waals surface area contributed by atoms with E-state index in [2.05, 4.69) is 11.4 Å². The highest BCUT2D eigenvalue weighted by atomic mass is 19.2. The first-order valence-corrected chi connectivity index (χ1v) is 7.11. The van der Waals surface area contributed by atoms with Crippen molar-refractivity contribution in [3.8, 4) is 6.07 Å². The van der Waals surface area contributed by atoms with Crippen molar-refractivity contribution in [2.75, 3.05) is 39.3 Å². The molecule has 1 aromatic carbocycles. The summed E-state index contributed by atoms with van der Waals surface area (Å²) >= 11 is 0. The van der Waals surface area contributed by atoms with Crippen LogP contribution in [0.15, 0.2) is 18.2 Å². The molecule has 23 heavy (non-hydrogen) atoms. The highest BCUT2D eigenvalue weighted by Crippen LogP contribution is 2.08. The normalized spacial score (nSPS) is 15.1. The van der Waals surface area contributed by atoms with Crippen LogP contribution < -0.4 is 5.32 Å². The van der Waals surface area contributed by atoms with Gasteiger partial charge in [0.25, 0.3) is 5.91 Å². The minimum atomic E-state index is -1.11. The maximum atomic E-state index is 13.1. The molecule has 0 aliphatic carbocycles. The Kier molecular flexibility index (Phi) is 5.60. The van der Waals surface area contributed by atoms with Crippen molar-refractivity contribution in [2.24, 2.45) is 0 Å². The Morgan fingerprint density at radius 2 is 1.87 bits per heavy atom. The van der Waals surface area contributed by atoms with E-state index in [0.29, 0.717) is 32.7 Å². The van der Waals surface area contributed by atoms with Crippen LogP contribution in [0.5, 0.6) is 0 Å². The van der Waals surface area contributed by atoms with E-state index >= 15 is 0 Å². The first-order valence-electron chi connectivity index (χ1n) is 7.11. The lowest BCUT2D eigenvalue weighted by atomic mass is 10.2. The molecular weight excluding hydrogens is 306 g/mol. The molecule has 0 bridgehead atoms. The minimum absolute atomic E-state index is 0.0458. The van der Waals surface area contributed by atoms with Gasteiger partial charge in [0.2, 0.25) is 5.91 Å². The van der Waals surface area contributed by atoms with E-state index < -0.39 is 17.5 Å². The summed E-state index contributed by atoms with van der Waals surface area (Å²) in [6.45, 7) is 2.31. The Hall–Kier alpha value is -2.53. The topological polar surface area (TPSA) is 76.4 Å². The van der Waals surface area contributed by atoms with Gasteiger partial charge >= 0.3 is 0 Å². The van der Waals surface area contributed by atoms with Crippen LogP contribution in [-0.4, -0.2) is 60.9 Å². The number of amides is 2. The lowest BCUT2D eigenvalue weighted by Crippen LogP contribution is -2.51. The third kappa shape index (κ3) is 4.47. The van der Waals surface area contributed by atoms with Gasteiger partial charge in [-0.05, 0) is 18.2 Å². The van der Waals surface area contributed by atoms with Crippen molar-refractivity contribution in [3.63, 3.8) is 0 Å². The van der Waals surface area contributed by atoms with E-state index in [1.54, 1.807) is 4.90 Å². The molecule has 0 radical (unpaired) electrons. The number of piperazine rings is 1. The lowest BCUT2D eigenvalue weighted by molar-refractivity contribution is -0.131. The number of hydrogen-bond acceptors (Lipinski definition) is 4. The van der Waals surface area contributed by atoms with Gasteiger partial charge in [-0.15, -0.1) is 0 Å². The third-order valence-corrected chi connectivity index (χ3v) is 3.60. The molecule has 1 N–H and O–H groups in total. The van der Waals surface area contributed by atoms with Gasteiger partial charge in [0.05, 0.1) is 19.2 Å². The summed E-state index contributed by atoms with van der Waals surface area (Å²) in [5.41, 5.74) is -0.0458. The van der Waals surface area contributed by atoms with Crippen LogP contribution in [-0.2, 0) is 4.79 Å². The molecule has 8 heteroatoms. The Morgan fingerprint density at radius 3 is 2.48 bits per heavy atom. The number of hydrogen-bond donors (Lipinski definition) is 1. The highest BCUT2D eigenvalue weighted by Gasteiger charge is 2.21. The van der Waals surface area contributed by atoms with Crippen LogP contribution in [0.4, 0.5) is 8.78 Å². The summed E-state index contributed by atoms with van der Waals surface area (Å²) in [7, 11) is 0. The zero-order valence-electron chi connectivity index (χ0n) is 12.4. The maximum Gasteiger partial charge on any atom is 0.251 e. The van der Waals surface area contributed by atoms with Crippen LogP contribution in [0.2, 0.25) is 0 Å². The maximum absolute atomic E-state index is 13.1. The molecule has 0 saturated carbocycles. The average Bonchev–Trinajstić information content (AvgIpc) is 2.56. The van der Waals surface area contributed by atoms with Crippen molar-refractivity contribution in [1.29, 1.82) is 5.26 Å². The van der Waals surface area contributed by atoms with E-state index in [1.165, 1.54) is 0 Å². The van der Waals surface area contributed by atoms with Crippen molar-refractivity contribution in [2.45, 2.75) is 0 Å². The lowest BCUT2D eigenvalue weighted by Gasteiger charge is -2.33. The molecule has 1 aliphatic heterocycles. The predicted molar refractivity (Wildman–Crippen MR) is 77.3 cm³/mol. The third-order valence-electron chi connectivity index (χ3n) is 3.60. The molecule has 1 saturated heterocycles. The average molecular weight is 322 g/mol. The second-order valence-electron chi connectivity index (χ2n) is 5.13. The van der Waals surface area contributed by atoms with Gasteiger partial charge in [0.15, 0.2) is 11.6 Å². The Labute approximate surface area is 132 Å². The molecule has 0 aromatic heterocycles. The number of nitriles is 1. The fourth-order valence-electron chi connectivity index (χ4n) is 2.26. The molecule has 2 rings (SSSR count). The number of halogens is 2. The second kappa shape index (κ2) is 7.65. The van der Waals surface area contributed by atoms with Gasteiger partial charge < -0.3 is 10.2 Å². The van der Waals surface area contributed by atoms with Gasteiger partial charge in [0, 0.05) is 31.7 Å². The molecule has 1 fully saturated rings. The van der Waals surface area contributed by atoms with Gasteiger partial charge in [0.1, 0.15) is 0 Å². The van der Waals surface area contributed by atoms with E-state index in [0.717, 1.165) is 18.2 Å². The summed E-state index contributed by atoms with van der Waals surface area (Å²) in [5, 5.41) is 11.0. The zero-order valence-corrected chi connectivity index (χ0v) is 12.4. The standard InChI is InChI=1S/C15H16F2N4O2/c16-12-2-1-11(9-13(12)17)15(23)19-10-14(22)21-7-5-20(4-3-18)6-8-21/h1-2,9H,4-8,10H2,(H,19,23). The second-order valence-corrected chi connectivity index (χ2v) is 5.13. The summed E-state index contributed by atoms with van der Waals surface area (Å²) in [6.07, 6.45) is 0. The molecule has 0 unspecified atom stereocenters. The van der Waals surface area contributed by atoms with E-state index in [4.69, 9.17) is 5.26 Å². The Morgan fingerprint density at radius 1 is 1.17 bits per heavy atom. The van der Waals surface area contributed by atoms with Crippen LogP contribution >= 0.6 is 0 Å². The van der Waals surface area contributed by atoms with Gasteiger partial charge in [-0.1, -0.05) is 0 Å². The van der Waals surface area contributed by atoms with Crippen LogP contribution in [0.3, 0.4) is 0 Å². The molecule has 6 nitrogen and oxygen atoms in total. The molecular formula is C15H16F2N4O2. The first kappa shape index (κ1) is 16.8. The molecule has 122 valence electrons. The number of carbonyl (C=O) groups is 2. The summed E-state index contributed by atoms with van der Waals surface area (Å²) < 4.78 is 25.9. The number of nitrogens with zero attached hydrogens (tertiary/aromatic N) is 3. The van der Waals surface area contributed by atoms with Crippen LogP contribution in [0.25, 0.3) is 0 Å². The van der Waals surface area contributed by atoms with Gasteiger partial charge in [-0.3, -0.25) is 14.5 Å². The highest BCUT2D eigenvalue weighted by molar-refractivity contribution is 5.96. The first-order chi connectivity index (χ1) is 11.0. The summed E-state index contributed by atoms with van der Waals surface area (Å²) in [4.78, 5) is 27.4. The molecule has 1 aromatic rings. The van der Waals surface area contributed by atoms with Gasteiger partial charge in [-0.25, -0.2) is 8.78 Å². The molecule has 0 spiro atoms. The van der Waals surface area contributed by atoms with E-state index in [9.17, 15) is 18.4 Å². The summed E-state index contributed by atoms with van der Waals surface area (Å²) in [5.74, 6) is -3.04. The molecule has 1 aliphatic rings.